The molecule has 2 radical (unpaired) electrons. The van der Waals surface area contributed by atoms with Crippen molar-refractivity contribution in [3.63, 3.8) is 0 Å². The summed E-state index contributed by atoms with van der Waals surface area (Å²) in [7, 11) is 1.51. The van der Waals surface area contributed by atoms with E-state index in [0.29, 0.717) is 0 Å². The minimum atomic E-state index is -0.367. The average Bonchev–Trinajstić information content (AvgIpc) is 2.77. The number of aromatic nitrogens is 3. The largest absolute Gasteiger partial charge is 0.347 e. The van der Waals surface area contributed by atoms with Crippen molar-refractivity contribution in [2.75, 3.05) is 0 Å². The summed E-state index contributed by atoms with van der Waals surface area (Å²) in [6.45, 7) is 5.96. The second-order valence-corrected chi connectivity index (χ2v) is 5.67. The summed E-state index contributed by atoms with van der Waals surface area (Å²) in [5.41, 5.74) is -0.0189. The molecule has 0 unspecified atom stereocenters. The van der Waals surface area contributed by atoms with Crippen LogP contribution in [0.5, 0.6) is 0 Å². The van der Waals surface area contributed by atoms with Gasteiger partial charge in [0.15, 0.2) is 0 Å². The van der Waals surface area contributed by atoms with E-state index in [2.05, 4.69) is 0 Å². The Morgan fingerprint density at radius 1 is 0.950 bits per heavy atom. The smallest absolute Gasteiger partial charge is 0.246 e. The summed E-state index contributed by atoms with van der Waals surface area (Å²) in [6, 6.07) is 11.4. The molecule has 0 fully saturated rings. The van der Waals surface area contributed by atoms with Gasteiger partial charge in [-0.2, -0.15) is 0 Å². The number of hydrogen-bond acceptors (Lipinski definition) is 2. The second-order valence-electron chi connectivity index (χ2n) is 5.67. The van der Waals surface area contributed by atoms with E-state index < -0.39 is 0 Å². The highest BCUT2D eigenvalue weighted by Gasteiger charge is 2.49. The summed E-state index contributed by atoms with van der Waals surface area (Å²) in [5, 5.41) is 0. The fraction of sp³-hybridized carbons (Fsp3) is 0.333. The average molecular weight is 271 g/mol. The number of benzene rings is 1. The van der Waals surface area contributed by atoms with Crippen molar-refractivity contribution in [1.82, 2.24) is 13.9 Å². The number of hydrogen-bond donors (Lipinski definition) is 0. The van der Waals surface area contributed by atoms with Crippen molar-refractivity contribution in [3.8, 4) is 0 Å². The lowest BCUT2D eigenvalue weighted by atomic mass is 9.77. The summed E-state index contributed by atoms with van der Waals surface area (Å²) in [4.78, 5) is 24.6. The zero-order valence-corrected chi connectivity index (χ0v) is 12.0. The molecule has 0 spiro atoms. The van der Waals surface area contributed by atoms with Crippen molar-refractivity contribution in [2.45, 2.75) is 20.8 Å². The molecule has 5 nitrogen and oxygen atoms in total. The minimum absolute atomic E-state index is 0.300. The Morgan fingerprint density at radius 3 is 2.10 bits per heavy atom. The van der Waals surface area contributed by atoms with Gasteiger partial charge in [0, 0.05) is 12.5 Å². The molecule has 1 aromatic carbocycles. The van der Waals surface area contributed by atoms with Gasteiger partial charge in [-0.1, -0.05) is 44.2 Å². The van der Waals surface area contributed by atoms with Crippen LogP contribution >= 0.6 is 0 Å². The standard InChI is InChI=1S/C15H17N3O2/c1-10-15(2,3)12(11-8-6-5-7-9-11)18-14(20)16(4)13(19)17(10)18/h5-9H,1-4H3. The molecule has 1 aliphatic rings. The Hall–Kier alpha value is -2.04. The van der Waals surface area contributed by atoms with Crippen LogP contribution in [0.2, 0.25) is 0 Å². The third-order valence-electron chi connectivity index (χ3n) is 4.21. The van der Waals surface area contributed by atoms with Gasteiger partial charge in [0.1, 0.15) is 6.04 Å². The van der Waals surface area contributed by atoms with Gasteiger partial charge in [-0.25, -0.2) is 23.5 Å². The highest BCUT2D eigenvalue weighted by atomic mass is 16.2. The van der Waals surface area contributed by atoms with E-state index in [-0.39, 0.29) is 16.8 Å². The SMILES string of the molecule is C[C]1n2c(=O)n(C)c(=O)n2[C](c2ccccc2)C1(C)C. The highest BCUT2D eigenvalue weighted by molar-refractivity contribution is 5.40. The fourth-order valence-corrected chi connectivity index (χ4v) is 2.81. The predicted octanol–water partition coefficient (Wildman–Crippen LogP) is 1.22. The zero-order chi connectivity index (χ0) is 14.7. The zero-order valence-electron chi connectivity index (χ0n) is 12.0. The molecule has 0 N–H and O–H groups in total. The lowest BCUT2D eigenvalue weighted by Gasteiger charge is -2.28. The monoisotopic (exact) mass is 271 g/mol. The van der Waals surface area contributed by atoms with Crippen LogP contribution in [0.25, 0.3) is 0 Å². The third kappa shape index (κ3) is 1.43. The maximum atomic E-state index is 12.4. The Bertz CT molecular complexity index is 765. The predicted molar refractivity (Wildman–Crippen MR) is 76.2 cm³/mol. The number of rotatable bonds is 1. The van der Waals surface area contributed by atoms with Crippen LogP contribution in [-0.2, 0) is 7.05 Å². The Kier molecular flexibility index (Phi) is 2.58. The molecule has 20 heavy (non-hydrogen) atoms. The van der Waals surface area contributed by atoms with Crippen molar-refractivity contribution < 1.29 is 0 Å². The van der Waals surface area contributed by atoms with Gasteiger partial charge in [0.05, 0.1) is 6.04 Å². The van der Waals surface area contributed by atoms with E-state index in [9.17, 15) is 9.59 Å². The topological polar surface area (TPSA) is 48.9 Å². The molecule has 2 heterocycles. The first-order valence-electron chi connectivity index (χ1n) is 6.56. The van der Waals surface area contributed by atoms with Crippen molar-refractivity contribution in [2.24, 2.45) is 12.5 Å². The summed E-state index contributed by atoms with van der Waals surface area (Å²) >= 11 is 0. The summed E-state index contributed by atoms with van der Waals surface area (Å²) in [6.07, 6.45) is 0. The molecule has 3 rings (SSSR count). The maximum Gasteiger partial charge on any atom is 0.347 e. The summed E-state index contributed by atoms with van der Waals surface area (Å²) in [5.74, 6) is 0. The molecule has 0 aliphatic carbocycles. The van der Waals surface area contributed by atoms with Crippen LogP contribution < -0.4 is 11.4 Å². The second kappa shape index (κ2) is 3.98. The molecule has 2 aromatic rings. The van der Waals surface area contributed by atoms with E-state index in [1.165, 1.54) is 16.4 Å². The molecule has 1 aliphatic heterocycles. The van der Waals surface area contributed by atoms with Crippen LogP contribution in [0.4, 0.5) is 0 Å². The molecule has 5 heteroatoms. The van der Waals surface area contributed by atoms with Gasteiger partial charge in [0.2, 0.25) is 0 Å². The van der Waals surface area contributed by atoms with E-state index >= 15 is 0 Å². The number of fused-ring (bicyclic) bond motifs is 1. The summed E-state index contributed by atoms with van der Waals surface area (Å²) < 4.78 is 4.11. The minimum Gasteiger partial charge on any atom is -0.246 e. The van der Waals surface area contributed by atoms with Crippen LogP contribution in [0.15, 0.2) is 39.9 Å². The lowest BCUT2D eigenvalue weighted by Crippen LogP contribution is -2.35. The maximum absolute atomic E-state index is 12.4. The Labute approximate surface area is 117 Å². The van der Waals surface area contributed by atoms with Crippen LogP contribution in [0.3, 0.4) is 0 Å². The number of nitrogens with zero attached hydrogens (tertiary/aromatic N) is 3. The first-order valence-corrected chi connectivity index (χ1v) is 6.56. The van der Waals surface area contributed by atoms with Gasteiger partial charge in [-0.3, -0.25) is 0 Å². The molecular formula is C15H17N3O2. The van der Waals surface area contributed by atoms with Crippen molar-refractivity contribution in [3.05, 3.63) is 68.9 Å². The van der Waals surface area contributed by atoms with Gasteiger partial charge in [-0.15, -0.1) is 0 Å². The van der Waals surface area contributed by atoms with Gasteiger partial charge in [-0.05, 0) is 12.5 Å². The normalized spacial score (nSPS) is 18.4. The Balaban J connectivity index is 2.35. The van der Waals surface area contributed by atoms with Crippen molar-refractivity contribution >= 4 is 0 Å². The molecule has 0 saturated carbocycles. The van der Waals surface area contributed by atoms with Crippen LogP contribution in [0, 0.1) is 17.5 Å². The van der Waals surface area contributed by atoms with Crippen LogP contribution in [0.1, 0.15) is 26.3 Å². The van der Waals surface area contributed by atoms with Gasteiger partial charge < -0.3 is 0 Å². The molecule has 104 valence electrons. The molecule has 1 aromatic heterocycles. The Morgan fingerprint density at radius 2 is 1.50 bits per heavy atom. The van der Waals surface area contributed by atoms with Gasteiger partial charge in [0.25, 0.3) is 0 Å². The van der Waals surface area contributed by atoms with E-state index in [1.807, 2.05) is 51.1 Å². The third-order valence-corrected chi connectivity index (χ3v) is 4.21. The van der Waals surface area contributed by atoms with E-state index in [0.717, 1.165) is 22.2 Å². The van der Waals surface area contributed by atoms with Crippen molar-refractivity contribution in [1.29, 1.82) is 0 Å². The first kappa shape index (κ1) is 13.0. The molecule has 0 bridgehead atoms. The molecule has 0 saturated heterocycles. The fourth-order valence-electron chi connectivity index (χ4n) is 2.81. The lowest BCUT2D eigenvalue weighted by molar-refractivity contribution is 0.427. The molecular weight excluding hydrogens is 254 g/mol. The van der Waals surface area contributed by atoms with Crippen LogP contribution in [-0.4, -0.2) is 13.9 Å². The van der Waals surface area contributed by atoms with E-state index in [4.69, 9.17) is 0 Å². The van der Waals surface area contributed by atoms with E-state index in [1.54, 1.807) is 0 Å². The van der Waals surface area contributed by atoms with Gasteiger partial charge >= 0.3 is 11.4 Å². The highest BCUT2D eigenvalue weighted by Crippen LogP contribution is 2.46. The first-order chi connectivity index (χ1) is 9.37. The molecule has 0 amide bonds. The molecule has 0 atom stereocenters. The quantitative estimate of drug-likeness (QED) is 0.783.